The molecule has 1 aliphatic rings. The Labute approximate surface area is 88.0 Å². The summed E-state index contributed by atoms with van der Waals surface area (Å²) in [4.78, 5) is 16.4. The van der Waals surface area contributed by atoms with Crippen molar-refractivity contribution >= 4 is 5.97 Å². The molecule has 4 nitrogen and oxygen atoms in total. The molecular formula is C11H13NO3. The number of benzene rings is 1. The number of hydrogen-bond donors (Lipinski definition) is 1. The number of carboxylic acids is 1. The van der Waals surface area contributed by atoms with Crippen molar-refractivity contribution in [2.75, 3.05) is 13.1 Å². The van der Waals surface area contributed by atoms with Crippen molar-refractivity contribution in [3.8, 4) is 5.75 Å². The third-order valence-electron chi connectivity index (χ3n) is 2.41. The van der Waals surface area contributed by atoms with Crippen LogP contribution in [-0.2, 0) is 0 Å². The van der Waals surface area contributed by atoms with Gasteiger partial charge in [0, 0.05) is 13.1 Å². The van der Waals surface area contributed by atoms with Crippen molar-refractivity contribution in [2.45, 2.75) is 12.8 Å². The van der Waals surface area contributed by atoms with Crippen molar-refractivity contribution < 1.29 is 14.7 Å². The van der Waals surface area contributed by atoms with Gasteiger partial charge in [0.2, 0.25) is 0 Å². The molecule has 80 valence electrons. The molecule has 2 rings (SSSR count). The number of carbonyl (C=O) groups is 1. The summed E-state index contributed by atoms with van der Waals surface area (Å²) in [5, 5.41) is 10.7. The lowest BCUT2D eigenvalue weighted by Gasteiger charge is -2.17. The Kier molecular flexibility index (Phi) is 2.87. The van der Waals surface area contributed by atoms with Crippen LogP contribution in [0.4, 0.5) is 0 Å². The molecule has 0 aromatic heterocycles. The zero-order valence-electron chi connectivity index (χ0n) is 8.35. The van der Waals surface area contributed by atoms with Gasteiger partial charge < -0.3 is 9.94 Å². The minimum atomic E-state index is -0.954. The van der Waals surface area contributed by atoms with Gasteiger partial charge in [0.05, 0.1) is 0 Å². The van der Waals surface area contributed by atoms with Crippen LogP contribution in [-0.4, -0.2) is 29.2 Å². The van der Waals surface area contributed by atoms with E-state index >= 15 is 0 Å². The highest BCUT2D eigenvalue weighted by Crippen LogP contribution is 2.20. The fourth-order valence-electron chi connectivity index (χ4n) is 1.64. The molecule has 1 saturated heterocycles. The summed E-state index contributed by atoms with van der Waals surface area (Å²) in [7, 11) is 0. The normalized spacial score (nSPS) is 16.5. The van der Waals surface area contributed by atoms with Crippen molar-refractivity contribution in [1.82, 2.24) is 5.06 Å². The van der Waals surface area contributed by atoms with Gasteiger partial charge in [-0.05, 0) is 25.0 Å². The van der Waals surface area contributed by atoms with E-state index in [9.17, 15) is 4.79 Å². The first-order chi connectivity index (χ1) is 7.27. The highest BCUT2D eigenvalue weighted by atomic mass is 16.7. The lowest BCUT2D eigenvalue weighted by Crippen LogP contribution is -2.24. The van der Waals surface area contributed by atoms with Gasteiger partial charge in [0.25, 0.3) is 0 Å². The molecule has 15 heavy (non-hydrogen) atoms. The zero-order chi connectivity index (χ0) is 10.7. The maximum atomic E-state index is 10.9. The van der Waals surface area contributed by atoms with Crippen LogP contribution in [0.2, 0.25) is 0 Å². The first kappa shape index (κ1) is 9.98. The number of rotatable bonds is 3. The SMILES string of the molecule is O=C(O)c1ccccc1ON1CCCC1. The molecule has 0 spiro atoms. The van der Waals surface area contributed by atoms with E-state index in [0.717, 1.165) is 25.9 Å². The predicted molar refractivity (Wildman–Crippen MR) is 54.8 cm³/mol. The fourth-order valence-corrected chi connectivity index (χ4v) is 1.64. The van der Waals surface area contributed by atoms with E-state index in [0.29, 0.717) is 5.75 Å². The first-order valence-electron chi connectivity index (χ1n) is 5.02. The zero-order valence-corrected chi connectivity index (χ0v) is 8.35. The Morgan fingerprint density at radius 2 is 1.93 bits per heavy atom. The van der Waals surface area contributed by atoms with E-state index in [2.05, 4.69) is 0 Å². The third kappa shape index (κ3) is 2.27. The maximum Gasteiger partial charge on any atom is 0.339 e. The number of para-hydroxylation sites is 1. The molecule has 0 bridgehead atoms. The van der Waals surface area contributed by atoms with Crippen molar-refractivity contribution in [3.05, 3.63) is 29.8 Å². The highest BCUT2D eigenvalue weighted by Gasteiger charge is 2.17. The van der Waals surface area contributed by atoms with Crippen LogP contribution in [0.25, 0.3) is 0 Å². The second kappa shape index (κ2) is 4.31. The predicted octanol–water partition coefficient (Wildman–Crippen LogP) is 1.77. The largest absolute Gasteiger partial charge is 0.478 e. The summed E-state index contributed by atoms with van der Waals surface area (Å²) in [6, 6.07) is 6.70. The maximum absolute atomic E-state index is 10.9. The first-order valence-corrected chi connectivity index (χ1v) is 5.02. The number of nitrogens with zero attached hydrogens (tertiary/aromatic N) is 1. The number of carboxylic acid groups (broad SMARTS) is 1. The smallest absolute Gasteiger partial charge is 0.339 e. The summed E-state index contributed by atoms with van der Waals surface area (Å²) < 4.78 is 0. The van der Waals surface area contributed by atoms with E-state index in [4.69, 9.17) is 9.94 Å². The molecular weight excluding hydrogens is 194 g/mol. The summed E-state index contributed by atoms with van der Waals surface area (Å²) in [5.41, 5.74) is 0.212. The minimum absolute atomic E-state index is 0.212. The van der Waals surface area contributed by atoms with Gasteiger partial charge in [-0.2, -0.15) is 0 Å². The van der Waals surface area contributed by atoms with Crippen LogP contribution in [0, 0.1) is 0 Å². The van der Waals surface area contributed by atoms with Crippen molar-refractivity contribution in [2.24, 2.45) is 0 Å². The number of hydroxylamine groups is 2. The quantitative estimate of drug-likeness (QED) is 0.820. The van der Waals surface area contributed by atoms with Crippen LogP contribution in [0.3, 0.4) is 0 Å². The van der Waals surface area contributed by atoms with Crippen molar-refractivity contribution in [3.63, 3.8) is 0 Å². The average molecular weight is 207 g/mol. The lowest BCUT2D eigenvalue weighted by molar-refractivity contribution is -0.0356. The molecule has 1 aromatic carbocycles. The summed E-state index contributed by atoms with van der Waals surface area (Å²) in [5.74, 6) is -0.531. The molecule has 4 heteroatoms. The van der Waals surface area contributed by atoms with E-state index in [1.165, 1.54) is 0 Å². The van der Waals surface area contributed by atoms with Crippen LogP contribution in [0.5, 0.6) is 5.75 Å². The molecule has 0 atom stereocenters. The van der Waals surface area contributed by atoms with E-state index in [1.807, 2.05) is 5.06 Å². The highest BCUT2D eigenvalue weighted by molar-refractivity contribution is 5.90. The molecule has 1 heterocycles. The monoisotopic (exact) mass is 207 g/mol. The molecule has 0 amide bonds. The Morgan fingerprint density at radius 1 is 1.27 bits per heavy atom. The second-order valence-corrected chi connectivity index (χ2v) is 3.53. The Morgan fingerprint density at radius 3 is 2.60 bits per heavy atom. The van der Waals surface area contributed by atoms with Gasteiger partial charge >= 0.3 is 5.97 Å². The van der Waals surface area contributed by atoms with Gasteiger partial charge in [-0.25, -0.2) is 4.79 Å². The topological polar surface area (TPSA) is 49.8 Å². The standard InChI is InChI=1S/C11H13NO3/c13-11(14)9-5-1-2-6-10(9)15-12-7-3-4-8-12/h1-2,5-6H,3-4,7-8H2,(H,13,14). The minimum Gasteiger partial charge on any atom is -0.478 e. The third-order valence-corrected chi connectivity index (χ3v) is 2.41. The summed E-state index contributed by atoms with van der Waals surface area (Å²) in [6.45, 7) is 1.74. The molecule has 1 fully saturated rings. The van der Waals surface area contributed by atoms with Gasteiger partial charge in [0.1, 0.15) is 5.56 Å². The van der Waals surface area contributed by atoms with Gasteiger partial charge in [-0.1, -0.05) is 12.1 Å². The number of hydrogen-bond acceptors (Lipinski definition) is 3. The van der Waals surface area contributed by atoms with E-state index in [-0.39, 0.29) is 5.56 Å². The van der Waals surface area contributed by atoms with E-state index in [1.54, 1.807) is 24.3 Å². The molecule has 0 saturated carbocycles. The van der Waals surface area contributed by atoms with Gasteiger partial charge in [-0.15, -0.1) is 5.06 Å². The summed E-state index contributed by atoms with van der Waals surface area (Å²) in [6.07, 6.45) is 2.21. The molecule has 0 aliphatic carbocycles. The second-order valence-electron chi connectivity index (χ2n) is 3.53. The van der Waals surface area contributed by atoms with Gasteiger partial charge in [-0.3, -0.25) is 0 Å². The number of aromatic carboxylic acids is 1. The van der Waals surface area contributed by atoms with Crippen LogP contribution in [0.15, 0.2) is 24.3 Å². The van der Waals surface area contributed by atoms with Crippen molar-refractivity contribution in [1.29, 1.82) is 0 Å². The van der Waals surface area contributed by atoms with Crippen LogP contribution in [0.1, 0.15) is 23.2 Å². The molecule has 1 aliphatic heterocycles. The molecule has 0 radical (unpaired) electrons. The molecule has 1 aromatic rings. The molecule has 1 N–H and O–H groups in total. The van der Waals surface area contributed by atoms with Gasteiger partial charge in [0.15, 0.2) is 5.75 Å². The lowest BCUT2D eigenvalue weighted by atomic mass is 10.2. The Bertz CT molecular complexity index is 359. The Hall–Kier alpha value is -1.55. The summed E-state index contributed by atoms with van der Waals surface area (Å²) >= 11 is 0. The van der Waals surface area contributed by atoms with Crippen LogP contribution >= 0.6 is 0 Å². The average Bonchev–Trinajstić information content (AvgIpc) is 2.71. The fraction of sp³-hybridized carbons (Fsp3) is 0.364. The molecule has 0 unspecified atom stereocenters. The van der Waals surface area contributed by atoms with E-state index < -0.39 is 5.97 Å². The van der Waals surface area contributed by atoms with Crippen LogP contribution < -0.4 is 4.84 Å². The Balaban J connectivity index is 2.15.